The first-order valence-corrected chi connectivity index (χ1v) is 3.89. The molecule has 14 heavy (non-hydrogen) atoms. The van der Waals surface area contributed by atoms with Crippen molar-refractivity contribution in [3.05, 3.63) is 33.1 Å². The second-order valence-electron chi connectivity index (χ2n) is 2.43. The third-order valence-corrected chi connectivity index (χ3v) is 1.83. The van der Waals surface area contributed by atoms with Crippen molar-refractivity contribution in [1.82, 2.24) is 4.98 Å². The van der Waals surface area contributed by atoms with E-state index in [1.807, 2.05) is 0 Å². The summed E-state index contributed by atoms with van der Waals surface area (Å²) >= 11 is 5.54. The average Bonchev–Trinajstić information content (AvgIpc) is 2.07. The first-order chi connectivity index (χ1) is 6.52. The molecule has 0 saturated heterocycles. The number of pyridine rings is 1. The van der Waals surface area contributed by atoms with Gasteiger partial charge < -0.3 is 5.11 Å². The number of nitro groups is 1. The number of nitrogens with zero attached hydrogens (tertiary/aromatic N) is 2. The van der Waals surface area contributed by atoms with Crippen LogP contribution in [0, 0.1) is 10.1 Å². The van der Waals surface area contributed by atoms with Gasteiger partial charge in [0, 0.05) is 12.3 Å². The number of hydrogen-bond acceptors (Lipinski definition) is 4. The molecule has 1 aromatic rings. The lowest BCUT2D eigenvalue weighted by molar-refractivity contribution is -0.385. The molecule has 0 aromatic carbocycles. The summed E-state index contributed by atoms with van der Waals surface area (Å²) in [5.74, 6) is -1.19. The number of carbonyl (C=O) groups is 1. The predicted octanol–water partition coefficient (Wildman–Crippen LogP) is 1.27. The Morgan fingerprint density at radius 3 is 2.86 bits per heavy atom. The summed E-state index contributed by atoms with van der Waals surface area (Å²) in [4.78, 5) is 23.8. The molecular formula is C7H5ClN2O4. The molecule has 0 spiro atoms. The van der Waals surface area contributed by atoms with Gasteiger partial charge in [0.05, 0.1) is 16.9 Å². The summed E-state index contributed by atoms with van der Waals surface area (Å²) in [5.41, 5.74) is -0.404. The van der Waals surface area contributed by atoms with Crippen molar-refractivity contribution in [3.63, 3.8) is 0 Å². The zero-order valence-electron chi connectivity index (χ0n) is 6.81. The van der Waals surface area contributed by atoms with Crippen molar-refractivity contribution in [2.24, 2.45) is 0 Å². The summed E-state index contributed by atoms with van der Waals surface area (Å²) in [5, 5.41) is 18.8. The molecule has 0 unspecified atom stereocenters. The van der Waals surface area contributed by atoms with E-state index < -0.39 is 17.3 Å². The Kier molecular flexibility index (Phi) is 2.98. The fraction of sp³-hybridized carbons (Fsp3) is 0.143. The lowest BCUT2D eigenvalue weighted by atomic mass is 10.2. The first-order valence-electron chi connectivity index (χ1n) is 3.52. The fourth-order valence-corrected chi connectivity index (χ4v) is 1.16. The van der Waals surface area contributed by atoms with Crippen LogP contribution in [0.15, 0.2) is 12.3 Å². The van der Waals surface area contributed by atoms with Crippen molar-refractivity contribution in [2.75, 3.05) is 0 Å². The first kappa shape index (κ1) is 10.4. The maximum absolute atomic E-state index is 10.5. The molecule has 0 saturated carbocycles. The van der Waals surface area contributed by atoms with Crippen LogP contribution in [-0.2, 0) is 11.2 Å². The van der Waals surface area contributed by atoms with E-state index in [1.54, 1.807) is 0 Å². The molecule has 74 valence electrons. The maximum atomic E-state index is 10.5. The number of halogens is 1. The molecule has 0 aliphatic carbocycles. The van der Waals surface area contributed by atoms with Crippen LogP contribution in [0.25, 0.3) is 0 Å². The third-order valence-electron chi connectivity index (χ3n) is 1.50. The molecule has 1 rings (SSSR count). The highest BCUT2D eigenvalue weighted by Crippen LogP contribution is 2.24. The summed E-state index contributed by atoms with van der Waals surface area (Å²) in [6.07, 6.45) is 0.648. The molecular weight excluding hydrogens is 212 g/mol. The van der Waals surface area contributed by atoms with Crippen molar-refractivity contribution in [2.45, 2.75) is 6.42 Å². The minimum atomic E-state index is -1.19. The minimum absolute atomic E-state index is 0.0772. The van der Waals surface area contributed by atoms with Crippen LogP contribution in [0.3, 0.4) is 0 Å². The Morgan fingerprint density at radius 2 is 2.36 bits per heavy atom. The van der Waals surface area contributed by atoms with E-state index in [9.17, 15) is 14.9 Å². The number of aliphatic carboxylic acids is 1. The van der Waals surface area contributed by atoms with Gasteiger partial charge in [-0.2, -0.15) is 0 Å². The van der Waals surface area contributed by atoms with Gasteiger partial charge in [-0.3, -0.25) is 14.9 Å². The van der Waals surface area contributed by atoms with E-state index in [0.29, 0.717) is 0 Å². The fourth-order valence-electron chi connectivity index (χ4n) is 0.943. The van der Waals surface area contributed by atoms with Gasteiger partial charge in [0.2, 0.25) is 0 Å². The number of carboxylic acids is 1. The molecule has 0 radical (unpaired) electrons. The van der Waals surface area contributed by atoms with E-state index in [1.165, 1.54) is 0 Å². The molecule has 0 aliphatic heterocycles. The molecule has 1 heterocycles. The molecule has 0 bridgehead atoms. The number of aromatic nitrogens is 1. The summed E-state index contributed by atoms with van der Waals surface area (Å²) < 4.78 is 0. The van der Waals surface area contributed by atoms with Crippen LogP contribution >= 0.6 is 11.6 Å². The topological polar surface area (TPSA) is 93.3 Å². The Morgan fingerprint density at radius 1 is 1.71 bits per heavy atom. The van der Waals surface area contributed by atoms with Crippen LogP contribution < -0.4 is 0 Å². The predicted molar refractivity (Wildman–Crippen MR) is 47.2 cm³/mol. The standard InChI is InChI=1S/C7H5ClN2O4/c8-7-4(3-6(11)12)5(10(13)14)1-2-9-7/h1-2H,3H2,(H,11,12). The maximum Gasteiger partial charge on any atom is 0.308 e. The molecule has 0 amide bonds. The van der Waals surface area contributed by atoms with Crippen molar-refractivity contribution >= 4 is 23.3 Å². The van der Waals surface area contributed by atoms with Gasteiger partial charge >= 0.3 is 5.97 Å². The van der Waals surface area contributed by atoms with Gasteiger partial charge in [-0.25, -0.2) is 4.98 Å². The third kappa shape index (κ3) is 2.17. The van der Waals surface area contributed by atoms with Crippen LogP contribution in [0.5, 0.6) is 0 Å². The molecule has 7 heteroatoms. The van der Waals surface area contributed by atoms with Crippen molar-refractivity contribution in [1.29, 1.82) is 0 Å². The second kappa shape index (κ2) is 4.01. The van der Waals surface area contributed by atoms with E-state index in [0.717, 1.165) is 12.3 Å². The van der Waals surface area contributed by atoms with Crippen LogP contribution in [0.2, 0.25) is 5.15 Å². The monoisotopic (exact) mass is 216 g/mol. The summed E-state index contributed by atoms with van der Waals surface area (Å²) in [6, 6.07) is 1.12. The Hall–Kier alpha value is -1.69. The number of hydrogen-bond donors (Lipinski definition) is 1. The zero-order chi connectivity index (χ0) is 10.7. The quantitative estimate of drug-likeness (QED) is 0.467. The van der Waals surface area contributed by atoms with Gasteiger partial charge in [-0.1, -0.05) is 11.6 Å². The lowest BCUT2D eigenvalue weighted by Crippen LogP contribution is -2.05. The summed E-state index contributed by atoms with van der Waals surface area (Å²) in [7, 11) is 0. The Bertz CT molecular complexity index is 393. The number of rotatable bonds is 3. The van der Waals surface area contributed by atoms with Gasteiger partial charge in [-0.05, 0) is 0 Å². The van der Waals surface area contributed by atoms with Crippen LogP contribution in [-0.4, -0.2) is 21.0 Å². The average molecular weight is 217 g/mol. The second-order valence-corrected chi connectivity index (χ2v) is 2.79. The van der Waals surface area contributed by atoms with E-state index in [-0.39, 0.29) is 16.4 Å². The molecule has 1 aromatic heterocycles. The van der Waals surface area contributed by atoms with E-state index in [4.69, 9.17) is 16.7 Å². The van der Waals surface area contributed by atoms with Gasteiger partial charge in [-0.15, -0.1) is 0 Å². The Labute approximate surface area is 83.3 Å². The molecule has 6 nitrogen and oxygen atoms in total. The Balaban J connectivity index is 3.22. The van der Waals surface area contributed by atoms with E-state index in [2.05, 4.69) is 4.98 Å². The molecule has 0 fully saturated rings. The normalized spacial score (nSPS) is 9.79. The molecule has 1 N–H and O–H groups in total. The number of carboxylic acid groups (broad SMARTS) is 1. The SMILES string of the molecule is O=C(O)Cc1c([N+](=O)[O-])ccnc1Cl. The summed E-state index contributed by atoms with van der Waals surface area (Å²) in [6.45, 7) is 0. The molecule has 0 atom stereocenters. The largest absolute Gasteiger partial charge is 0.481 e. The minimum Gasteiger partial charge on any atom is -0.481 e. The van der Waals surface area contributed by atoms with Gasteiger partial charge in [0.25, 0.3) is 5.69 Å². The highest BCUT2D eigenvalue weighted by molar-refractivity contribution is 6.30. The van der Waals surface area contributed by atoms with Crippen molar-refractivity contribution in [3.8, 4) is 0 Å². The van der Waals surface area contributed by atoms with Crippen LogP contribution in [0.1, 0.15) is 5.56 Å². The van der Waals surface area contributed by atoms with E-state index >= 15 is 0 Å². The van der Waals surface area contributed by atoms with Crippen molar-refractivity contribution < 1.29 is 14.8 Å². The van der Waals surface area contributed by atoms with Crippen LogP contribution in [0.4, 0.5) is 5.69 Å². The molecule has 0 aliphatic rings. The lowest BCUT2D eigenvalue weighted by Gasteiger charge is -2.00. The highest BCUT2D eigenvalue weighted by Gasteiger charge is 2.19. The highest BCUT2D eigenvalue weighted by atomic mass is 35.5. The van der Waals surface area contributed by atoms with Gasteiger partial charge in [0.15, 0.2) is 0 Å². The smallest absolute Gasteiger partial charge is 0.308 e. The van der Waals surface area contributed by atoms with Gasteiger partial charge in [0.1, 0.15) is 5.15 Å². The zero-order valence-corrected chi connectivity index (χ0v) is 7.56.